The van der Waals surface area contributed by atoms with E-state index in [9.17, 15) is 4.79 Å². The van der Waals surface area contributed by atoms with Crippen molar-refractivity contribution in [2.75, 3.05) is 11.9 Å². The fraction of sp³-hybridized carbons (Fsp3) is 0.389. The Morgan fingerprint density at radius 2 is 1.65 bits per heavy atom. The summed E-state index contributed by atoms with van der Waals surface area (Å²) < 4.78 is 0. The number of hydrogen-bond acceptors (Lipinski definition) is 4. The molecule has 0 saturated heterocycles. The minimum Gasteiger partial charge on any atom is -0.352 e. The first-order valence-corrected chi connectivity index (χ1v) is 7.93. The molecule has 0 unspecified atom stereocenters. The van der Waals surface area contributed by atoms with E-state index in [1.807, 2.05) is 26.0 Å². The van der Waals surface area contributed by atoms with Crippen molar-refractivity contribution in [2.45, 2.75) is 33.6 Å². The first kappa shape index (κ1) is 16.9. The van der Waals surface area contributed by atoms with Gasteiger partial charge in [0.05, 0.1) is 5.56 Å². The van der Waals surface area contributed by atoms with Crippen molar-refractivity contribution in [3.8, 4) is 0 Å². The van der Waals surface area contributed by atoms with Gasteiger partial charge in [0.1, 0.15) is 0 Å². The zero-order valence-electron chi connectivity index (χ0n) is 14.1. The molecule has 0 aliphatic carbocycles. The number of nitrogens with one attached hydrogen (secondary N) is 2. The van der Waals surface area contributed by atoms with Crippen molar-refractivity contribution in [3.63, 3.8) is 0 Å². The van der Waals surface area contributed by atoms with Gasteiger partial charge in [-0.2, -0.15) is 0 Å². The van der Waals surface area contributed by atoms with Crippen molar-refractivity contribution >= 4 is 17.5 Å². The van der Waals surface area contributed by atoms with Crippen LogP contribution in [-0.2, 0) is 0 Å². The summed E-state index contributed by atoms with van der Waals surface area (Å²) in [6.45, 7) is 9.06. The van der Waals surface area contributed by atoms with Crippen LogP contribution in [-0.4, -0.2) is 22.4 Å². The molecule has 0 bridgehead atoms. The number of carbonyl (C=O) groups excluding carboxylic acids is 1. The van der Waals surface area contributed by atoms with Crippen molar-refractivity contribution in [1.82, 2.24) is 15.3 Å². The van der Waals surface area contributed by atoms with E-state index < -0.39 is 0 Å². The van der Waals surface area contributed by atoms with Gasteiger partial charge in [0.2, 0.25) is 5.95 Å². The molecule has 0 atom stereocenters. The van der Waals surface area contributed by atoms with Gasteiger partial charge in [-0.15, -0.1) is 0 Å². The molecule has 5 nitrogen and oxygen atoms in total. The Bertz CT molecular complexity index is 633. The first-order valence-electron chi connectivity index (χ1n) is 7.93. The highest BCUT2D eigenvalue weighted by atomic mass is 16.1. The number of nitrogens with zero attached hydrogens (tertiary/aromatic N) is 2. The molecule has 0 spiro atoms. The Labute approximate surface area is 137 Å². The maximum Gasteiger partial charge on any atom is 0.254 e. The monoisotopic (exact) mass is 312 g/mol. The number of hydrogen-bond donors (Lipinski definition) is 2. The van der Waals surface area contributed by atoms with Crippen LogP contribution < -0.4 is 10.6 Å². The van der Waals surface area contributed by atoms with Gasteiger partial charge in [-0.05, 0) is 29.5 Å². The first-order chi connectivity index (χ1) is 11.0. The van der Waals surface area contributed by atoms with Gasteiger partial charge in [0, 0.05) is 24.6 Å². The van der Waals surface area contributed by atoms with Crippen LogP contribution in [0.4, 0.5) is 11.6 Å². The Morgan fingerprint density at radius 3 is 2.17 bits per heavy atom. The Hall–Kier alpha value is -2.43. The van der Waals surface area contributed by atoms with Gasteiger partial charge in [-0.1, -0.05) is 39.8 Å². The Kier molecular flexibility index (Phi) is 5.68. The molecule has 122 valence electrons. The molecule has 2 aromatic rings. The third kappa shape index (κ3) is 5.06. The molecular weight excluding hydrogens is 288 g/mol. The van der Waals surface area contributed by atoms with E-state index in [0.29, 0.717) is 29.9 Å². The quantitative estimate of drug-likeness (QED) is 0.853. The standard InChI is InChI=1S/C18H24N4O/c1-12(2)9-19-17(23)15-10-20-18(21-11-15)22-16-7-5-14(6-8-16)13(3)4/h5-8,10-13H,9H2,1-4H3,(H,19,23)(H,20,21,22). The molecule has 2 rings (SSSR count). The lowest BCUT2D eigenvalue weighted by molar-refractivity contribution is 0.0948. The minimum atomic E-state index is -0.147. The molecule has 0 fully saturated rings. The van der Waals surface area contributed by atoms with Crippen LogP contribution in [0.5, 0.6) is 0 Å². The third-order valence-electron chi connectivity index (χ3n) is 3.42. The average molecular weight is 312 g/mol. The summed E-state index contributed by atoms with van der Waals surface area (Å²) in [6.07, 6.45) is 3.07. The highest BCUT2D eigenvalue weighted by molar-refractivity contribution is 5.93. The number of aromatic nitrogens is 2. The number of anilines is 2. The second-order valence-electron chi connectivity index (χ2n) is 6.30. The molecule has 0 aliphatic heterocycles. The van der Waals surface area contributed by atoms with E-state index in [4.69, 9.17) is 0 Å². The average Bonchev–Trinajstić information content (AvgIpc) is 2.54. The van der Waals surface area contributed by atoms with E-state index in [1.165, 1.54) is 18.0 Å². The lowest BCUT2D eigenvalue weighted by Gasteiger charge is -2.09. The number of carbonyl (C=O) groups is 1. The predicted molar refractivity (Wildman–Crippen MR) is 93.0 cm³/mol. The molecule has 0 aliphatic rings. The second kappa shape index (κ2) is 7.72. The van der Waals surface area contributed by atoms with E-state index in [-0.39, 0.29) is 5.91 Å². The molecule has 2 N–H and O–H groups in total. The SMILES string of the molecule is CC(C)CNC(=O)c1cnc(Nc2ccc(C(C)C)cc2)nc1. The van der Waals surface area contributed by atoms with Crippen LogP contribution in [0.2, 0.25) is 0 Å². The van der Waals surface area contributed by atoms with Crippen molar-refractivity contribution in [3.05, 3.63) is 47.8 Å². The van der Waals surface area contributed by atoms with Crippen LogP contribution in [0, 0.1) is 5.92 Å². The molecule has 1 heterocycles. The lowest BCUT2D eigenvalue weighted by atomic mass is 10.0. The number of amides is 1. The molecule has 1 aromatic carbocycles. The summed E-state index contributed by atoms with van der Waals surface area (Å²) in [6, 6.07) is 8.17. The zero-order valence-corrected chi connectivity index (χ0v) is 14.1. The van der Waals surface area contributed by atoms with Crippen molar-refractivity contribution in [2.24, 2.45) is 5.92 Å². The van der Waals surface area contributed by atoms with Gasteiger partial charge >= 0.3 is 0 Å². The zero-order chi connectivity index (χ0) is 16.8. The van der Waals surface area contributed by atoms with E-state index in [2.05, 4.69) is 46.6 Å². The summed E-state index contributed by atoms with van der Waals surface area (Å²) in [7, 11) is 0. The summed E-state index contributed by atoms with van der Waals surface area (Å²) in [5, 5.41) is 5.98. The van der Waals surface area contributed by atoms with Crippen LogP contribution >= 0.6 is 0 Å². The number of benzene rings is 1. The normalized spacial score (nSPS) is 10.9. The topological polar surface area (TPSA) is 66.9 Å². The molecule has 1 amide bonds. The van der Waals surface area contributed by atoms with Crippen LogP contribution in [0.15, 0.2) is 36.7 Å². The lowest BCUT2D eigenvalue weighted by Crippen LogP contribution is -2.27. The fourth-order valence-electron chi connectivity index (χ4n) is 1.99. The Morgan fingerprint density at radius 1 is 1.04 bits per heavy atom. The van der Waals surface area contributed by atoms with E-state index in [0.717, 1.165) is 5.69 Å². The number of rotatable bonds is 6. The van der Waals surface area contributed by atoms with Crippen molar-refractivity contribution in [1.29, 1.82) is 0 Å². The maximum absolute atomic E-state index is 11.9. The predicted octanol–water partition coefficient (Wildman–Crippen LogP) is 3.73. The van der Waals surface area contributed by atoms with Gasteiger partial charge in [-0.25, -0.2) is 9.97 Å². The summed E-state index contributed by atoms with van der Waals surface area (Å²) in [5.41, 5.74) is 2.67. The summed E-state index contributed by atoms with van der Waals surface area (Å²) in [5.74, 6) is 1.24. The minimum absolute atomic E-state index is 0.147. The molecule has 5 heteroatoms. The molecule has 1 aromatic heterocycles. The second-order valence-corrected chi connectivity index (χ2v) is 6.30. The molecule has 0 radical (unpaired) electrons. The van der Waals surface area contributed by atoms with E-state index >= 15 is 0 Å². The summed E-state index contributed by atoms with van der Waals surface area (Å²) >= 11 is 0. The largest absolute Gasteiger partial charge is 0.352 e. The highest BCUT2D eigenvalue weighted by Gasteiger charge is 2.08. The third-order valence-corrected chi connectivity index (χ3v) is 3.42. The molecule has 0 saturated carbocycles. The van der Waals surface area contributed by atoms with Gasteiger partial charge in [0.15, 0.2) is 0 Å². The highest BCUT2D eigenvalue weighted by Crippen LogP contribution is 2.18. The molecule has 23 heavy (non-hydrogen) atoms. The van der Waals surface area contributed by atoms with Gasteiger partial charge < -0.3 is 10.6 Å². The van der Waals surface area contributed by atoms with Gasteiger partial charge in [0.25, 0.3) is 5.91 Å². The summed E-state index contributed by atoms with van der Waals surface area (Å²) in [4.78, 5) is 20.3. The van der Waals surface area contributed by atoms with Gasteiger partial charge in [-0.3, -0.25) is 4.79 Å². The van der Waals surface area contributed by atoms with Crippen molar-refractivity contribution < 1.29 is 4.79 Å². The molecular formula is C18H24N4O. The Balaban J connectivity index is 1.98. The van der Waals surface area contributed by atoms with E-state index in [1.54, 1.807) is 0 Å². The smallest absolute Gasteiger partial charge is 0.254 e. The van der Waals surface area contributed by atoms with Crippen LogP contribution in [0.3, 0.4) is 0 Å². The van der Waals surface area contributed by atoms with Crippen LogP contribution in [0.25, 0.3) is 0 Å². The maximum atomic E-state index is 11.9. The van der Waals surface area contributed by atoms with Crippen LogP contribution in [0.1, 0.15) is 49.5 Å². The fourth-order valence-corrected chi connectivity index (χ4v) is 1.99.